The van der Waals surface area contributed by atoms with Gasteiger partial charge in [0.05, 0.1) is 19.8 Å². The number of nitrogens with zero attached hydrogens (tertiary/aromatic N) is 1. The first-order valence-corrected chi connectivity index (χ1v) is 5.67. The van der Waals surface area contributed by atoms with E-state index in [1.165, 1.54) is 0 Å². The molecule has 5 nitrogen and oxygen atoms in total. The van der Waals surface area contributed by atoms with Crippen LogP contribution in [0.15, 0.2) is 18.2 Å². The molecule has 1 aromatic carbocycles. The number of hydrogen-bond acceptors (Lipinski definition) is 4. The summed E-state index contributed by atoms with van der Waals surface area (Å²) in [5.41, 5.74) is 1.69. The highest BCUT2D eigenvalue weighted by molar-refractivity contribution is 5.69. The normalized spacial score (nSPS) is 12.5. The van der Waals surface area contributed by atoms with Crippen molar-refractivity contribution in [2.75, 3.05) is 27.2 Å². The van der Waals surface area contributed by atoms with Gasteiger partial charge < -0.3 is 14.9 Å². The Morgan fingerprint density at radius 2 is 2.17 bits per heavy atom. The molecule has 5 heteroatoms. The fourth-order valence-corrected chi connectivity index (χ4v) is 1.80. The predicted octanol–water partition coefficient (Wildman–Crippen LogP) is 1.05. The smallest absolute Gasteiger partial charge is 0.317 e. The number of aryl methyl sites for hydroxylation is 1. The second kappa shape index (κ2) is 6.37. The van der Waals surface area contributed by atoms with Crippen molar-refractivity contribution in [1.82, 2.24) is 4.90 Å². The van der Waals surface area contributed by atoms with Crippen LogP contribution >= 0.6 is 0 Å². The number of likely N-dealkylation sites (N-methyl/N-ethyl adjacent to an activating group) is 1. The van der Waals surface area contributed by atoms with Gasteiger partial charge >= 0.3 is 5.97 Å². The van der Waals surface area contributed by atoms with Crippen molar-refractivity contribution in [2.24, 2.45) is 0 Å². The van der Waals surface area contributed by atoms with Crippen LogP contribution in [0.4, 0.5) is 0 Å². The van der Waals surface area contributed by atoms with Crippen LogP contribution in [0.3, 0.4) is 0 Å². The van der Waals surface area contributed by atoms with E-state index in [4.69, 9.17) is 9.84 Å². The van der Waals surface area contributed by atoms with Crippen molar-refractivity contribution in [3.05, 3.63) is 29.3 Å². The molecule has 0 saturated carbocycles. The molecule has 0 fully saturated rings. The maximum atomic E-state index is 10.5. The fourth-order valence-electron chi connectivity index (χ4n) is 1.80. The van der Waals surface area contributed by atoms with Crippen LogP contribution in [-0.4, -0.2) is 48.3 Å². The molecule has 0 aliphatic heterocycles. The number of aliphatic hydroxyl groups is 1. The zero-order valence-corrected chi connectivity index (χ0v) is 10.9. The lowest BCUT2D eigenvalue weighted by Crippen LogP contribution is -2.29. The Labute approximate surface area is 107 Å². The van der Waals surface area contributed by atoms with E-state index >= 15 is 0 Å². The largest absolute Gasteiger partial charge is 0.496 e. The van der Waals surface area contributed by atoms with Crippen LogP contribution in [-0.2, 0) is 4.79 Å². The van der Waals surface area contributed by atoms with Gasteiger partial charge in [-0.05, 0) is 37.2 Å². The van der Waals surface area contributed by atoms with E-state index in [0.717, 1.165) is 16.9 Å². The molecule has 0 aliphatic rings. The van der Waals surface area contributed by atoms with E-state index in [1.54, 1.807) is 31.2 Å². The van der Waals surface area contributed by atoms with Crippen LogP contribution < -0.4 is 4.74 Å². The SMILES string of the molecule is COc1ccc(C(O)CN(C)CC(=O)O)cc1C. The maximum Gasteiger partial charge on any atom is 0.317 e. The van der Waals surface area contributed by atoms with Gasteiger partial charge in [0.1, 0.15) is 5.75 Å². The number of aliphatic hydroxyl groups excluding tert-OH is 1. The molecular formula is C13H19NO4. The van der Waals surface area contributed by atoms with Gasteiger partial charge in [0.2, 0.25) is 0 Å². The number of carboxylic acids is 1. The van der Waals surface area contributed by atoms with Crippen LogP contribution in [0.2, 0.25) is 0 Å². The lowest BCUT2D eigenvalue weighted by atomic mass is 10.1. The van der Waals surface area contributed by atoms with Crippen molar-refractivity contribution >= 4 is 5.97 Å². The van der Waals surface area contributed by atoms with Gasteiger partial charge in [-0.1, -0.05) is 6.07 Å². The highest BCUT2D eigenvalue weighted by Gasteiger charge is 2.13. The summed E-state index contributed by atoms with van der Waals surface area (Å²) < 4.78 is 5.14. The Kier molecular flexibility index (Phi) is 5.12. The van der Waals surface area contributed by atoms with Crippen LogP contribution in [0, 0.1) is 6.92 Å². The third kappa shape index (κ3) is 4.01. The molecule has 0 radical (unpaired) electrons. The molecule has 18 heavy (non-hydrogen) atoms. The number of benzene rings is 1. The van der Waals surface area contributed by atoms with Gasteiger partial charge in [-0.25, -0.2) is 0 Å². The minimum atomic E-state index is -0.907. The molecule has 2 N–H and O–H groups in total. The Morgan fingerprint density at radius 3 is 2.67 bits per heavy atom. The standard InChI is InChI=1S/C13H19NO4/c1-9-6-10(4-5-12(9)18-3)11(15)7-14(2)8-13(16)17/h4-6,11,15H,7-8H2,1-3H3,(H,16,17). The molecule has 100 valence electrons. The number of aliphatic carboxylic acids is 1. The van der Waals surface area contributed by atoms with E-state index in [9.17, 15) is 9.90 Å². The summed E-state index contributed by atoms with van der Waals surface area (Å²) in [6, 6.07) is 5.42. The molecule has 1 rings (SSSR count). The van der Waals surface area contributed by atoms with Crippen molar-refractivity contribution in [3.63, 3.8) is 0 Å². The molecule has 0 aliphatic carbocycles. The van der Waals surface area contributed by atoms with E-state index in [1.807, 2.05) is 13.0 Å². The quantitative estimate of drug-likeness (QED) is 0.793. The summed E-state index contributed by atoms with van der Waals surface area (Å²) >= 11 is 0. The van der Waals surface area contributed by atoms with Crippen LogP contribution in [0.1, 0.15) is 17.2 Å². The second-order valence-corrected chi connectivity index (χ2v) is 4.34. The monoisotopic (exact) mass is 253 g/mol. The van der Waals surface area contributed by atoms with Gasteiger partial charge in [-0.3, -0.25) is 9.69 Å². The van der Waals surface area contributed by atoms with Crippen LogP contribution in [0.5, 0.6) is 5.75 Å². The molecule has 0 bridgehead atoms. The number of rotatable bonds is 6. The number of carbonyl (C=O) groups is 1. The summed E-state index contributed by atoms with van der Waals surface area (Å²) in [5.74, 6) is -0.138. The number of carboxylic acid groups (broad SMARTS) is 1. The number of methoxy groups -OCH3 is 1. The molecule has 0 saturated heterocycles. The van der Waals surface area contributed by atoms with Crippen molar-refractivity contribution in [1.29, 1.82) is 0 Å². The lowest BCUT2D eigenvalue weighted by Gasteiger charge is -2.19. The predicted molar refractivity (Wildman–Crippen MR) is 67.8 cm³/mol. The average molecular weight is 253 g/mol. The van der Waals surface area contributed by atoms with E-state index < -0.39 is 12.1 Å². The number of ether oxygens (including phenoxy) is 1. The highest BCUT2D eigenvalue weighted by atomic mass is 16.5. The summed E-state index contributed by atoms with van der Waals surface area (Å²) in [4.78, 5) is 12.1. The van der Waals surface area contributed by atoms with Crippen molar-refractivity contribution in [3.8, 4) is 5.75 Å². The van der Waals surface area contributed by atoms with Gasteiger partial charge in [-0.2, -0.15) is 0 Å². The first kappa shape index (κ1) is 14.5. The molecule has 0 aromatic heterocycles. The van der Waals surface area contributed by atoms with Crippen molar-refractivity contribution < 1.29 is 19.7 Å². The first-order chi connectivity index (χ1) is 8.43. The number of hydrogen-bond donors (Lipinski definition) is 2. The molecule has 0 amide bonds. The van der Waals surface area contributed by atoms with Gasteiger partial charge in [0.15, 0.2) is 0 Å². The van der Waals surface area contributed by atoms with E-state index in [2.05, 4.69) is 0 Å². The average Bonchev–Trinajstić information content (AvgIpc) is 2.27. The summed E-state index contributed by atoms with van der Waals surface area (Å²) in [5, 5.41) is 18.7. The Morgan fingerprint density at radius 1 is 1.50 bits per heavy atom. The molecule has 1 aromatic rings. The minimum Gasteiger partial charge on any atom is -0.496 e. The Bertz CT molecular complexity index is 419. The molecule has 1 atom stereocenters. The fraction of sp³-hybridized carbons (Fsp3) is 0.462. The second-order valence-electron chi connectivity index (χ2n) is 4.34. The van der Waals surface area contributed by atoms with Gasteiger partial charge in [0.25, 0.3) is 0 Å². The van der Waals surface area contributed by atoms with Gasteiger partial charge in [0, 0.05) is 6.54 Å². The lowest BCUT2D eigenvalue weighted by molar-refractivity contribution is -0.138. The summed E-state index contributed by atoms with van der Waals surface area (Å²) in [6.45, 7) is 2.08. The molecular weight excluding hydrogens is 234 g/mol. The highest BCUT2D eigenvalue weighted by Crippen LogP contribution is 2.22. The van der Waals surface area contributed by atoms with E-state index in [-0.39, 0.29) is 13.1 Å². The summed E-state index contributed by atoms with van der Waals surface area (Å²) in [6.07, 6.45) is -0.709. The third-order valence-electron chi connectivity index (χ3n) is 2.69. The van der Waals surface area contributed by atoms with Crippen molar-refractivity contribution in [2.45, 2.75) is 13.0 Å². The zero-order valence-electron chi connectivity index (χ0n) is 10.9. The third-order valence-corrected chi connectivity index (χ3v) is 2.69. The first-order valence-electron chi connectivity index (χ1n) is 5.67. The Balaban J connectivity index is 2.69. The molecule has 0 spiro atoms. The van der Waals surface area contributed by atoms with E-state index in [0.29, 0.717) is 0 Å². The Hall–Kier alpha value is -1.59. The maximum absolute atomic E-state index is 10.5. The topological polar surface area (TPSA) is 70.0 Å². The molecule has 1 unspecified atom stereocenters. The summed E-state index contributed by atoms with van der Waals surface area (Å²) in [7, 11) is 3.26. The minimum absolute atomic E-state index is 0.0911. The van der Waals surface area contributed by atoms with Gasteiger partial charge in [-0.15, -0.1) is 0 Å². The molecule has 0 heterocycles. The zero-order chi connectivity index (χ0) is 13.7. The van der Waals surface area contributed by atoms with Crippen LogP contribution in [0.25, 0.3) is 0 Å².